The van der Waals surface area contributed by atoms with Crippen LogP contribution in [-0.2, 0) is 11.3 Å². The van der Waals surface area contributed by atoms with E-state index in [-0.39, 0.29) is 6.04 Å². The number of nitrogens with one attached hydrogen (secondary N) is 2. The van der Waals surface area contributed by atoms with Crippen molar-refractivity contribution in [1.82, 2.24) is 15.2 Å². The van der Waals surface area contributed by atoms with Crippen molar-refractivity contribution < 1.29 is 9.59 Å². The standard InChI is InChI=1S/C23H25N3O2/c1-16-21(19-11-5-6-12-20(19)24-16)22(27)23(28)25-18-10-7-13-26(15-18)14-17-8-3-2-4-9-17/h2-6,8-9,11-12,18,24H,7,10,13-15H2,1H3,(H,25,28). The molecule has 5 nitrogen and oxygen atoms in total. The van der Waals surface area contributed by atoms with Gasteiger partial charge in [0.25, 0.3) is 11.7 Å². The summed E-state index contributed by atoms with van der Waals surface area (Å²) in [6.45, 7) is 4.48. The molecule has 1 aliphatic rings. The molecule has 0 spiro atoms. The Bertz CT molecular complexity index is 994. The lowest BCUT2D eigenvalue weighted by atomic mass is 10.0. The number of carbonyl (C=O) groups excluding carboxylic acids is 2. The minimum Gasteiger partial charge on any atom is -0.358 e. The molecule has 28 heavy (non-hydrogen) atoms. The Balaban J connectivity index is 1.42. The van der Waals surface area contributed by atoms with E-state index in [0.29, 0.717) is 5.56 Å². The van der Waals surface area contributed by atoms with Gasteiger partial charge in [-0.2, -0.15) is 0 Å². The number of H-pyrrole nitrogens is 1. The van der Waals surface area contributed by atoms with Crippen molar-refractivity contribution in [3.8, 4) is 0 Å². The van der Waals surface area contributed by atoms with Crippen LogP contribution in [0.1, 0.15) is 34.5 Å². The first kappa shape index (κ1) is 18.4. The number of fused-ring (bicyclic) bond motifs is 1. The highest BCUT2D eigenvalue weighted by Gasteiger charge is 2.27. The molecule has 1 saturated heterocycles. The molecular formula is C23H25N3O2. The number of rotatable bonds is 5. The Hall–Kier alpha value is -2.92. The largest absolute Gasteiger partial charge is 0.358 e. The van der Waals surface area contributed by atoms with Gasteiger partial charge in [-0.25, -0.2) is 0 Å². The Labute approximate surface area is 164 Å². The van der Waals surface area contributed by atoms with Crippen molar-refractivity contribution in [3.63, 3.8) is 0 Å². The van der Waals surface area contributed by atoms with Gasteiger partial charge in [0, 0.05) is 35.7 Å². The van der Waals surface area contributed by atoms with E-state index in [1.807, 2.05) is 49.4 Å². The zero-order valence-electron chi connectivity index (χ0n) is 16.1. The van der Waals surface area contributed by atoms with Gasteiger partial charge in [-0.15, -0.1) is 0 Å². The van der Waals surface area contributed by atoms with E-state index in [2.05, 4.69) is 27.3 Å². The van der Waals surface area contributed by atoms with Crippen LogP contribution in [0.5, 0.6) is 0 Å². The molecule has 1 aliphatic heterocycles. The molecule has 1 atom stereocenters. The number of Topliss-reactive ketones (excluding diaryl/α,β-unsaturated/α-hetero) is 1. The quantitative estimate of drug-likeness (QED) is 0.530. The second kappa shape index (κ2) is 7.98. The summed E-state index contributed by atoms with van der Waals surface area (Å²) >= 11 is 0. The Morgan fingerprint density at radius 2 is 1.86 bits per heavy atom. The smallest absolute Gasteiger partial charge is 0.292 e. The predicted molar refractivity (Wildman–Crippen MR) is 110 cm³/mol. The molecule has 4 rings (SSSR count). The first-order chi connectivity index (χ1) is 13.6. The van der Waals surface area contributed by atoms with E-state index in [9.17, 15) is 9.59 Å². The molecule has 0 radical (unpaired) electrons. The molecule has 0 bridgehead atoms. The number of benzene rings is 2. The number of carbonyl (C=O) groups is 2. The molecule has 0 aliphatic carbocycles. The van der Waals surface area contributed by atoms with Gasteiger partial charge >= 0.3 is 0 Å². The lowest BCUT2D eigenvalue weighted by molar-refractivity contribution is -0.118. The molecule has 1 unspecified atom stereocenters. The Morgan fingerprint density at radius 3 is 2.68 bits per heavy atom. The number of piperidine rings is 1. The Kier molecular flexibility index (Phi) is 5.26. The minimum absolute atomic E-state index is 0.000533. The van der Waals surface area contributed by atoms with Crippen molar-refractivity contribution in [2.45, 2.75) is 32.4 Å². The summed E-state index contributed by atoms with van der Waals surface area (Å²) in [7, 11) is 0. The molecule has 0 saturated carbocycles. The van der Waals surface area contributed by atoms with Crippen LogP contribution in [-0.4, -0.2) is 40.7 Å². The average Bonchev–Trinajstić information content (AvgIpc) is 3.04. The number of amides is 1. The van der Waals surface area contributed by atoms with Crippen molar-refractivity contribution in [1.29, 1.82) is 0 Å². The summed E-state index contributed by atoms with van der Waals surface area (Å²) < 4.78 is 0. The molecule has 2 N–H and O–H groups in total. The molecule has 2 heterocycles. The van der Waals surface area contributed by atoms with Gasteiger partial charge in [-0.05, 0) is 37.9 Å². The topological polar surface area (TPSA) is 65.2 Å². The summed E-state index contributed by atoms with van der Waals surface area (Å²) in [5.41, 5.74) is 3.35. The molecule has 1 fully saturated rings. The van der Waals surface area contributed by atoms with E-state index < -0.39 is 11.7 Å². The number of aryl methyl sites for hydroxylation is 1. The van der Waals surface area contributed by atoms with E-state index in [1.54, 1.807) is 0 Å². The third-order valence-electron chi connectivity index (χ3n) is 5.42. The first-order valence-electron chi connectivity index (χ1n) is 9.80. The normalized spacial score (nSPS) is 17.5. The van der Waals surface area contributed by atoms with Crippen LogP contribution in [0.3, 0.4) is 0 Å². The lowest BCUT2D eigenvalue weighted by Gasteiger charge is -2.33. The van der Waals surface area contributed by atoms with Crippen molar-refractivity contribution in [2.24, 2.45) is 0 Å². The first-order valence-corrected chi connectivity index (χ1v) is 9.80. The van der Waals surface area contributed by atoms with Crippen molar-refractivity contribution in [2.75, 3.05) is 13.1 Å². The molecule has 1 aromatic heterocycles. The molecule has 1 amide bonds. The molecule has 2 aromatic carbocycles. The average molecular weight is 375 g/mol. The number of likely N-dealkylation sites (tertiary alicyclic amines) is 1. The highest BCUT2D eigenvalue weighted by Crippen LogP contribution is 2.22. The summed E-state index contributed by atoms with van der Waals surface area (Å²) in [6.07, 6.45) is 1.91. The third-order valence-corrected chi connectivity index (χ3v) is 5.42. The van der Waals surface area contributed by atoms with Gasteiger partial charge in [0.2, 0.25) is 0 Å². The monoisotopic (exact) mass is 375 g/mol. The van der Waals surface area contributed by atoms with Crippen LogP contribution in [0.15, 0.2) is 54.6 Å². The second-order valence-corrected chi connectivity index (χ2v) is 7.53. The van der Waals surface area contributed by atoms with Crippen LogP contribution >= 0.6 is 0 Å². The highest BCUT2D eigenvalue weighted by atomic mass is 16.2. The van der Waals surface area contributed by atoms with Crippen LogP contribution in [0.4, 0.5) is 0 Å². The van der Waals surface area contributed by atoms with Gasteiger partial charge in [-0.1, -0.05) is 48.5 Å². The second-order valence-electron chi connectivity index (χ2n) is 7.53. The van der Waals surface area contributed by atoms with Gasteiger partial charge in [0.05, 0.1) is 5.56 Å². The van der Waals surface area contributed by atoms with Gasteiger partial charge in [0.1, 0.15) is 0 Å². The van der Waals surface area contributed by atoms with Crippen LogP contribution in [0, 0.1) is 6.92 Å². The maximum atomic E-state index is 12.8. The summed E-state index contributed by atoms with van der Waals surface area (Å²) in [5, 5.41) is 3.77. The van der Waals surface area contributed by atoms with Gasteiger partial charge in [0.15, 0.2) is 0 Å². The number of aromatic nitrogens is 1. The molecule has 3 aromatic rings. The van der Waals surface area contributed by atoms with E-state index in [1.165, 1.54) is 5.56 Å². The number of ketones is 1. The highest BCUT2D eigenvalue weighted by molar-refractivity contribution is 6.45. The number of nitrogens with zero attached hydrogens (tertiary/aromatic N) is 1. The van der Waals surface area contributed by atoms with Crippen molar-refractivity contribution >= 4 is 22.6 Å². The summed E-state index contributed by atoms with van der Waals surface area (Å²) in [4.78, 5) is 31.0. The number of hydrogen-bond donors (Lipinski definition) is 2. The zero-order valence-corrected chi connectivity index (χ0v) is 16.1. The van der Waals surface area contributed by atoms with E-state index >= 15 is 0 Å². The minimum atomic E-state index is -0.514. The molecule has 144 valence electrons. The fourth-order valence-electron chi connectivity index (χ4n) is 4.09. The fraction of sp³-hybridized carbons (Fsp3) is 0.304. The maximum Gasteiger partial charge on any atom is 0.292 e. The SMILES string of the molecule is Cc1[nH]c2ccccc2c1C(=O)C(=O)NC1CCCN(Cc2ccccc2)C1. The van der Waals surface area contributed by atoms with E-state index in [4.69, 9.17) is 0 Å². The summed E-state index contributed by atoms with van der Waals surface area (Å²) in [5.74, 6) is -0.977. The van der Waals surface area contributed by atoms with Gasteiger partial charge in [-0.3, -0.25) is 14.5 Å². The lowest BCUT2D eigenvalue weighted by Crippen LogP contribution is -2.49. The number of hydrogen-bond acceptors (Lipinski definition) is 3. The van der Waals surface area contributed by atoms with Crippen LogP contribution in [0.2, 0.25) is 0 Å². The van der Waals surface area contributed by atoms with Crippen molar-refractivity contribution in [3.05, 3.63) is 71.4 Å². The summed E-state index contributed by atoms with van der Waals surface area (Å²) in [6, 6.07) is 17.9. The number of aromatic amines is 1. The fourth-order valence-corrected chi connectivity index (χ4v) is 4.09. The predicted octanol–water partition coefficient (Wildman–Crippen LogP) is 3.44. The van der Waals surface area contributed by atoms with Crippen LogP contribution in [0.25, 0.3) is 10.9 Å². The molecular weight excluding hydrogens is 350 g/mol. The van der Waals surface area contributed by atoms with Gasteiger partial charge < -0.3 is 10.3 Å². The maximum absolute atomic E-state index is 12.8. The zero-order chi connectivity index (χ0) is 19.5. The Morgan fingerprint density at radius 1 is 1.11 bits per heavy atom. The van der Waals surface area contributed by atoms with Crippen LogP contribution < -0.4 is 5.32 Å². The third kappa shape index (κ3) is 3.85. The van der Waals surface area contributed by atoms with E-state index in [0.717, 1.165) is 49.1 Å². The molecule has 5 heteroatoms. The number of para-hydroxylation sites is 1.